The average molecular weight is 365 g/mol. The third-order valence-electron chi connectivity index (χ3n) is 5.54. The van der Waals surface area contributed by atoms with Crippen molar-refractivity contribution in [1.29, 1.82) is 0 Å². The molecule has 1 atom stereocenters. The monoisotopic (exact) mass is 364 g/mol. The predicted octanol–water partition coefficient (Wildman–Crippen LogP) is 2.69. The Hall–Kier alpha value is -0.980. The standard InChI is InChI=1S/C19H32N4OS/c1-14(2)19-21-16(13-25-19)11-20-18(24)15-5-4-8-23(12-15)17-6-9-22(3)10-7-17/h13-15,17H,4-12H2,1-3H3,(H,20,24)/t15-/m0/s1. The van der Waals surface area contributed by atoms with Crippen LogP contribution >= 0.6 is 11.3 Å². The number of nitrogens with one attached hydrogen (secondary N) is 1. The van der Waals surface area contributed by atoms with Crippen molar-refractivity contribution in [2.75, 3.05) is 33.2 Å². The van der Waals surface area contributed by atoms with Crippen molar-refractivity contribution in [2.24, 2.45) is 5.92 Å². The third kappa shape index (κ3) is 5.02. The van der Waals surface area contributed by atoms with Gasteiger partial charge in [0.15, 0.2) is 0 Å². The van der Waals surface area contributed by atoms with Crippen LogP contribution in [0.4, 0.5) is 0 Å². The Morgan fingerprint density at radius 3 is 2.76 bits per heavy atom. The molecule has 1 aromatic rings. The van der Waals surface area contributed by atoms with Crippen molar-refractivity contribution in [2.45, 2.75) is 58.0 Å². The highest BCUT2D eigenvalue weighted by Crippen LogP contribution is 2.24. The van der Waals surface area contributed by atoms with Gasteiger partial charge in [-0.05, 0) is 52.4 Å². The lowest BCUT2D eigenvalue weighted by molar-refractivity contribution is -0.127. The summed E-state index contributed by atoms with van der Waals surface area (Å²) in [5.41, 5.74) is 0.991. The summed E-state index contributed by atoms with van der Waals surface area (Å²) in [7, 11) is 2.20. The van der Waals surface area contributed by atoms with Crippen molar-refractivity contribution < 1.29 is 4.79 Å². The van der Waals surface area contributed by atoms with E-state index in [-0.39, 0.29) is 11.8 Å². The molecule has 1 N–H and O–H groups in total. The first kappa shape index (κ1) is 18.8. The molecular formula is C19H32N4OS. The fraction of sp³-hybridized carbons (Fsp3) is 0.789. The number of nitrogens with zero attached hydrogens (tertiary/aromatic N) is 3. The molecular weight excluding hydrogens is 332 g/mol. The van der Waals surface area contributed by atoms with E-state index in [1.165, 1.54) is 25.9 Å². The molecule has 0 bridgehead atoms. The van der Waals surface area contributed by atoms with Crippen molar-refractivity contribution in [1.82, 2.24) is 20.1 Å². The number of hydrogen-bond acceptors (Lipinski definition) is 5. The topological polar surface area (TPSA) is 48.5 Å². The molecule has 3 heterocycles. The van der Waals surface area contributed by atoms with Crippen molar-refractivity contribution in [3.8, 4) is 0 Å². The van der Waals surface area contributed by atoms with Crippen LogP contribution in [0.15, 0.2) is 5.38 Å². The van der Waals surface area contributed by atoms with Crippen LogP contribution in [0.5, 0.6) is 0 Å². The summed E-state index contributed by atoms with van der Waals surface area (Å²) in [5.74, 6) is 0.796. The maximum Gasteiger partial charge on any atom is 0.224 e. The Kier molecular flexibility index (Phi) is 6.47. The van der Waals surface area contributed by atoms with Gasteiger partial charge in [-0.2, -0.15) is 0 Å². The number of piperidine rings is 2. The first-order valence-corrected chi connectivity index (χ1v) is 10.6. The first-order valence-electron chi connectivity index (χ1n) is 9.67. The minimum atomic E-state index is 0.136. The summed E-state index contributed by atoms with van der Waals surface area (Å²) in [6, 6.07) is 0.666. The molecule has 0 aliphatic carbocycles. The van der Waals surface area contributed by atoms with Gasteiger partial charge in [0.1, 0.15) is 0 Å². The van der Waals surface area contributed by atoms with Crippen LogP contribution in [-0.2, 0) is 11.3 Å². The van der Waals surface area contributed by atoms with Gasteiger partial charge < -0.3 is 10.2 Å². The highest BCUT2D eigenvalue weighted by molar-refractivity contribution is 7.09. The van der Waals surface area contributed by atoms with E-state index >= 15 is 0 Å². The van der Waals surface area contributed by atoms with E-state index in [0.29, 0.717) is 18.5 Å². The second-order valence-electron chi connectivity index (χ2n) is 7.92. The van der Waals surface area contributed by atoms with Crippen LogP contribution in [-0.4, -0.2) is 60.0 Å². The lowest BCUT2D eigenvalue weighted by atomic mass is 9.93. The lowest BCUT2D eigenvalue weighted by Crippen LogP contribution is -2.50. The average Bonchev–Trinajstić information content (AvgIpc) is 3.10. The maximum absolute atomic E-state index is 12.6. The fourth-order valence-corrected chi connectivity index (χ4v) is 4.74. The quantitative estimate of drug-likeness (QED) is 0.873. The van der Waals surface area contributed by atoms with Crippen LogP contribution in [0.3, 0.4) is 0 Å². The van der Waals surface area contributed by atoms with Gasteiger partial charge in [-0.25, -0.2) is 4.98 Å². The summed E-state index contributed by atoms with van der Waals surface area (Å²) < 4.78 is 0. The molecule has 0 saturated carbocycles. The number of carbonyl (C=O) groups excluding carboxylic acids is 1. The first-order chi connectivity index (χ1) is 12.0. The molecule has 2 fully saturated rings. The molecule has 0 spiro atoms. The molecule has 2 aliphatic heterocycles. The molecule has 25 heavy (non-hydrogen) atoms. The normalized spacial score (nSPS) is 23.9. The minimum absolute atomic E-state index is 0.136. The molecule has 5 nitrogen and oxygen atoms in total. The van der Waals surface area contributed by atoms with E-state index < -0.39 is 0 Å². The van der Waals surface area contributed by atoms with Crippen LogP contribution in [0.25, 0.3) is 0 Å². The van der Waals surface area contributed by atoms with Gasteiger partial charge >= 0.3 is 0 Å². The zero-order chi connectivity index (χ0) is 17.8. The van der Waals surface area contributed by atoms with E-state index in [0.717, 1.165) is 36.6 Å². The predicted molar refractivity (Wildman–Crippen MR) is 103 cm³/mol. The Balaban J connectivity index is 1.48. The molecule has 6 heteroatoms. The van der Waals surface area contributed by atoms with Gasteiger partial charge in [0, 0.05) is 23.9 Å². The Bertz CT molecular complexity index is 566. The van der Waals surface area contributed by atoms with Gasteiger partial charge in [-0.3, -0.25) is 9.69 Å². The summed E-state index contributed by atoms with van der Waals surface area (Å²) in [4.78, 5) is 22.2. The largest absolute Gasteiger partial charge is 0.350 e. The van der Waals surface area contributed by atoms with E-state index in [1.807, 2.05) is 0 Å². The number of hydrogen-bond donors (Lipinski definition) is 1. The molecule has 2 saturated heterocycles. The van der Waals surface area contributed by atoms with Gasteiger partial charge in [-0.15, -0.1) is 11.3 Å². The lowest BCUT2D eigenvalue weighted by Gasteiger charge is -2.41. The summed E-state index contributed by atoms with van der Waals surface area (Å²) >= 11 is 1.69. The molecule has 0 unspecified atom stereocenters. The molecule has 0 radical (unpaired) electrons. The Labute approximate surface area is 155 Å². The molecule has 2 aliphatic rings. The van der Waals surface area contributed by atoms with Crippen LogP contribution < -0.4 is 5.32 Å². The van der Waals surface area contributed by atoms with Gasteiger partial charge in [-0.1, -0.05) is 13.8 Å². The van der Waals surface area contributed by atoms with E-state index in [4.69, 9.17) is 0 Å². The number of thiazole rings is 1. The molecule has 3 rings (SSSR count). The second-order valence-corrected chi connectivity index (χ2v) is 8.81. The van der Waals surface area contributed by atoms with Crippen LogP contribution in [0.2, 0.25) is 0 Å². The summed E-state index contributed by atoms with van der Waals surface area (Å²) in [6.07, 6.45) is 4.63. The molecule has 140 valence electrons. The number of likely N-dealkylation sites (tertiary alicyclic amines) is 2. The number of aromatic nitrogens is 1. The Morgan fingerprint density at radius 1 is 1.32 bits per heavy atom. The van der Waals surface area contributed by atoms with Gasteiger partial charge in [0.25, 0.3) is 0 Å². The van der Waals surface area contributed by atoms with Gasteiger partial charge in [0.2, 0.25) is 5.91 Å². The zero-order valence-electron chi connectivity index (χ0n) is 15.8. The number of amides is 1. The highest BCUT2D eigenvalue weighted by atomic mass is 32.1. The van der Waals surface area contributed by atoms with E-state index in [1.54, 1.807) is 11.3 Å². The number of carbonyl (C=O) groups is 1. The zero-order valence-corrected chi connectivity index (χ0v) is 16.6. The van der Waals surface area contributed by atoms with Crippen molar-refractivity contribution in [3.63, 3.8) is 0 Å². The van der Waals surface area contributed by atoms with Crippen LogP contribution in [0, 0.1) is 5.92 Å². The highest BCUT2D eigenvalue weighted by Gasteiger charge is 2.31. The maximum atomic E-state index is 12.6. The SMILES string of the molecule is CC(C)c1nc(CNC(=O)[C@H]2CCCN(C3CCN(C)CC3)C2)cs1. The second kappa shape index (κ2) is 8.60. The summed E-state index contributed by atoms with van der Waals surface area (Å²) in [5, 5.41) is 6.34. The van der Waals surface area contributed by atoms with E-state index in [2.05, 4.69) is 46.4 Å². The minimum Gasteiger partial charge on any atom is -0.350 e. The van der Waals surface area contributed by atoms with Crippen molar-refractivity contribution in [3.05, 3.63) is 16.1 Å². The fourth-order valence-electron chi connectivity index (χ4n) is 3.90. The van der Waals surface area contributed by atoms with E-state index in [9.17, 15) is 4.79 Å². The van der Waals surface area contributed by atoms with Crippen LogP contribution in [0.1, 0.15) is 56.2 Å². The number of rotatable bonds is 5. The van der Waals surface area contributed by atoms with Gasteiger partial charge in [0.05, 0.1) is 23.2 Å². The molecule has 0 aromatic carbocycles. The Morgan fingerprint density at radius 2 is 2.08 bits per heavy atom. The summed E-state index contributed by atoms with van der Waals surface area (Å²) in [6.45, 7) is 9.31. The molecule has 1 aromatic heterocycles. The third-order valence-corrected chi connectivity index (χ3v) is 6.73. The van der Waals surface area contributed by atoms with Crippen molar-refractivity contribution >= 4 is 17.2 Å². The molecule has 1 amide bonds. The smallest absolute Gasteiger partial charge is 0.224 e.